The van der Waals surface area contributed by atoms with Crippen molar-refractivity contribution in [2.75, 3.05) is 33.4 Å². The van der Waals surface area contributed by atoms with Crippen LogP contribution >= 0.6 is 0 Å². The fourth-order valence-electron chi connectivity index (χ4n) is 1.41. The SMILES string of the molecule is CNC1COCCN(CC(C)=O)C1=O. The van der Waals surface area contributed by atoms with E-state index in [0.717, 1.165) is 0 Å². The molecule has 5 heteroatoms. The van der Waals surface area contributed by atoms with Gasteiger partial charge in [-0.3, -0.25) is 9.59 Å². The molecule has 1 aliphatic heterocycles. The van der Waals surface area contributed by atoms with Crippen LogP contribution in [0.4, 0.5) is 0 Å². The predicted molar refractivity (Wildman–Crippen MR) is 50.9 cm³/mol. The van der Waals surface area contributed by atoms with E-state index in [4.69, 9.17) is 4.74 Å². The minimum atomic E-state index is -0.322. The molecule has 1 fully saturated rings. The van der Waals surface area contributed by atoms with Crippen LogP contribution in [0.15, 0.2) is 0 Å². The van der Waals surface area contributed by atoms with E-state index in [0.29, 0.717) is 19.8 Å². The fraction of sp³-hybridized carbons (Fsp3) is 0.778. The minimum Gasteiger partial charge on any atom is -0.377 e. The first-order valence-electron chi connectivity index (χ1n) is 4.68. The smallest absolute Gasteiger partial charge is 0.242 e. The van der Waals surface area contributed by atoms with Crippen LogP contribution in [0.5, 0.6) is 0 Å². The molecule has 1 saturated heterocycles. The van der Waals surface area contributed by atoms with E-state index in [9.17, 15) is 9.59 Å². The standard InChI is InChI=1S/C9H16N2O3/c1-7(12)5-11-3-4-14-6-8(10-2)9(11)13/h8,10H,3-6H2,1-2H3. The highest BCUT2D eigenvalue weighted by molar-refractivity contribution is 5.87. The summed E-state index contributed by atoms with van der Waals surface area (Å²) >= 11 is 0. The molecular weight excluding hydrogens is 184 g/mol. The van der Waals surface area contributed by atoms with Gasteiger partial charge < -0.3 is 15.0 Å². The Labute approximate surface area is 83.4 Å². The summed E-state index contributed by atoms with van der Waals surface area (Å²) in [5.74, 6) is -0.0599. The van der Waals surface area contributed by atoms with Gasteiger partial charge in [0, 0.05) is 6.54 Å². The first-order valence-corrected chi connectivity index (χ1v) is 4.68. The van der Waals surface area contributed by atoms with E-state index >= 15 is 0 Å². The van der Waals surface area contributed by atoms with Crippen LogP contribution in [0.25, 0.3) is 0 Å². The first kappa shape index (κ1) is 11.1. The molecule has 1 rings (SSSR count). The number of rotatable bonds is 3. The Balaban J connectivity index is 2.63. The average Bonchev–Trinajstić information content (AvgIpc) is 2.29. The average molecular weight is 200 g/mol. The Hall–Kier alpha value is -0.940. The fourth-order valence-corrected chi connectivity index (χ4v) is 1.41. The second-order valence-electron chi connectivity index (χ2n) is 3.38. The zero-order valence-electron chi connectivity index (χ0n) is 8.58. The molecule has 0 spiro atoms. The Morgan fingerprint density at radius 3 is 3.00 bits per heavy atom. The van der Waals surface area contributed by atoms with Crippen LogP contribution in [0.1, 0.15) is 6.92 Å². The van der Waals surface area contributed by atoms with Gasteiger partial charge in [0.2, 0.25) is 5.91 Å². The molecule has 0 aromatic heterocycles. The molecular formula is C9H16N2O3. The number of hydrogen-bond acceptors (Lipinski definition) is 4. The number of ether oxygens (including phenoxy) is 1. The molecule has 0 bridgehead atoms. The second-order valence-corrected chi connectivity index (χ2v) is 3.38. The van der Waals surface area contributed by atoms with E-state index in [1.807, 2.05) is 0 Å². The van der Waals surface area contributed by atoms with Crippen molar-refractivity contribution in [3.8, 4) is 0 Å². The molecule has 1 N–H and O–H groups in total. The highest BCUT2D eigenvalue weighted by Gasteiger charge is 2.26. The maximum Gasteiger partial charge on any atom is 0.242 e. The monoisotopic (exact) mass is 200 g/mol. The molecule has 1 heterocycles. The zero-order valence-corrected chi connectivity index (χ0v) is 8.58. The second kappa shape index (κ2) is 5.07. The molecule has 0 aliphatic carbocycles. The summed E-state index contributed by atoms with van der Waals surface area (Å²) in [5.41, 5.74) is 0. The molecule has 0 aromatic rings. The van der Waals surface area contributed by atoms with Crippen molar-refractivity contribution in [2.45, 2.75) is 13.0 Å². The molecule has 5 nitrogen and oxygen atoms in total. The molecule has 0 radical (unpaired) electrons. The van der Waals surface area contributed by atoms with Crippen molar-refractivity contribution >= 4 is 11.7 Å². The Morgan fingerprint density at radius 2 is 2.43 bits per heavy atom. The molecule has 1 aliphatic rings. The number of carbonyl (C=O) groups excluding carboxylic acids is 2. The summed E-state index contributed by atoms with van der Waals surface area (Å²) in [4.78, 5) is 24.2. The minimum absolute atomic E-state index is 0.00453. The van der Waals surface area contributed by atoms with Gasteiger partial charge in [-0.25, -0.2) is 0 Å². The maximum absolute atomic E-state index is 11.7. The summed E-state index contributed by atoms with van der Waals surface area (Å²) in [5, 5.41) is 2.87. The highest BCUT2D eigenvalue weighted by Crippen LogP contribution is 2.01. The van der Waals surface area contributed by atoms with E-state index in [1.165, 1.54) is 11.8 Å². The number of nitrogens with zero attached hydrogens (tertiary/aromatic N) is 1. The van der Waals surface area contributed by atoms with Crippen molar-refractivity contribution in [1.29, 1.82) is 0 Å². The van der Waals surface area contributed by atoms with E-state index in [1.54, 1.807) is 7.05 Å². The van der Waals surface area contributed by atoms with E-state index in [2.05, 4.69) is 5.32 Å². The van der Waals surface area contributed by atoms with Crippen molar-refractivity contribution in [3.63, 3.8) is 0 Å². The van der Waals surface area contributed by atoms with Gasteiger partial charge >= 0.3 is 0 Å². The Morgan fingerprint density at radius 1 is 1.71 bits per heavy atom. The lowest BCUT2D eigenvalue weighted by Gasteiger charge is -2.21. The predicted octanol–water partition coefficient (Wildman–Crippen LogP) is -0.978. The van der Waals surface area contributed by atoms with Gasteiger partial charge in [0.25, 0.3) is 0 Å². The van der Waals surface area contributed by atoms with Gasteiger partial charge in [-0.05, 0) is 14.0 Å². The molecule has 0 saturated carbocycles. The topological polar surface area (TPSA) is 58.6 Å². The first-order chi connectivity index (χ1) is 6.65. The molecule has 1 atom stereocenters. The van der Waals surface area contributed by atoms with Crippen LogP contribution in [0.3, 0.4) is 0 Å². The van der Waals surface area contributed by atoms with E-state index in [-0.39, 0.29) is 24.3 Å². The lowest BCUT2D eigenvalue weighted by atomic mass is 10.2. The molecule has 0 aromatic carbocycles. The number of hydrogen-bond donors (Lipinski definition) is 1. The molecule has 1 amide bonds. The summed E-state index contributed by atoms with van der Waals surface area (Å²) < 4.78 is 5.24. The third-order valence-corrected chi connectivity index (χ3v) is 2.16. The Bertz CT molecular complexity index is 230. The molecule has 1 unspecified atom stereocenters. The van der Waals surface area contributed by atoms with Crippen molar-refractivity contribution in [2.24, 2.45) is 0 Å². The largest absolute Gasteiger partial charge is 0.377 e. The van der Waals surface area contributed by atoms with Gasteiger partial charge in [0.15, 0.2) is 0 Å². The number of amides is 1. The van der Waals surface area contributed by atoms with Gasteiger partial charge in [-0.15, -0.1) is 0 Å². The van der Waals surface area contributed by atoms with Gasteiger partial charge in [-0.2, -0.15) is 0 Å². The van der Waals surface area contributed by atoms with Gasteiger partial charge in [0.1, 0.15) is 11.8 Å². The number of Topliss-reactive ketones (excluding diaryl/α,β-unsaturated/α-hetero) is 1. The lowest BCUT2D eigenvalue weighted by molar-refractivity contribution is -0.135. The highest BCUT2D eigenvalue weighted by atomic mass is 16.5. The van der Waals surface area contributed by atoms with Crippen LogP contribution < -0.4 is 5.32 Å². The summed E-state index contributed by atoms with van der Waals surface area (Å²) in [7, 11) is 1.71. The zero-order chi connectivity index (χ0) is 10.6. The maximum atomic E-state index is 11.7. The summed E-state index contributed by atoms with van der Waals surface area (Å²) in [6, 6.07) is -0.322. The Kier molecular flexibility index (Phi) is 4.03. The van der Waals surface area contributed by atoms with Gasteiger partial charge in [0.05, 0.1) is 19.8 Å². The number of likely N-dealkylation sites (N-methyl/N-ethyl adjacent to an activating group) is 1. The lowest BCUT2D eigenvalue weighted by Crippen LogP contribution is -2.47. The summed E-state index contributed by atoms with van der Waals surface area (Å²) in [6.07, 6.45) is 0. The van der Waals surface area contributed by atoms with Crippen molar-refractivity contribution < 1.29 is 14.3 Å². The van der Waals surface area contributed by atoms with Crippen molar-refractivity contribution in [1.82, 2.24) is 10.2 Å². The number of ketones is 1. The normalized spacial score (nSPS) is 23.4. The van der Waals surface area contributed by atoms with E-state index < -0.39 is 0 Å². The number of nitrogens with one attached hydrogen (secondary N) is 1. The third kappa shape index (κ3) is 2.78. The van der Waals surface area contributed by atoms with Crippen LogP contribution in [0, 0.1) is 0 Å². The number of carbonyl (C=O) groups is 2. The third-order valence-electron chi connectivity index (χ3n) is 2.16. The molecule has 14 heavy (non-hydrogen) atoms. The van der Waals surface area contributed by atoms with Crippen LogP contribution in [-0.2, 0) is 14.3 Å². The quantitative estimate of drug-likeness (QED) is 0.636. The van der Waals surface area contributed by atoms with Crippen molar-refractivity contribution in [3.05, 3.63) is 0 Å². The van der Waals surface area contributed by atoms with Crippen LogP contribution in [0.2, 0.25) is 0 Å². The summed E-state index contributed by atoms with van der Waals surface area (Å²) in [6.45, 7) is 3.03. The molecule has 80 valence electrons. The van der Waals surface area contributed by atoms with Crippen LogP contribution in [-0.4, -0.2) is 56.0 Å². The van der Waals surface area contributed by atoms with Gasteiger partial charge in [-0.1, -0.05) is 0 Å².